The SMILES string of the molecule is CC(C)(C)OC(=O)NCC(C#N)NC1CCCCC1. The number of alkyl carbamates (subject to hydrolysis) is 1. The fourth-order valence-corrected chi connectivity index (χ4v) is 2.20. The highest BCUT2D eigenvalue weighted by Gasteiger charge is 2.20. The lowest BCUT2D eigenvalue weighted by atomic mass is 9.95. The van der Waals surface area contributed by atoms with E-state index in [1.165, 1.54) is 19.3 Å². The molecule has 1 aliphatic carbocycles. The lowest BCUT2D eigenvalue weighted by Crippen LogP contribution is -2.46. The molecule has 0 aliphatic heterocycles. The van der Waals surface area contributed by atoms with Gasteiger partial charge >= 0.3 is 6.09 Å². The van der Waals surface area contributed by atoms with Crippen molar-refractivity contribution < 1.29 is 9.53 Å². The number of nitrogens with one attached hydrogen (secondary N) is 2. The van der Waals surface area contributed by atoms with Crippen LogP contribution in [0.2, 0.25) is 0 Å². The Morgan fingerprint density at radius 1 is 1.37 bits per heavy atom. The van der Waals surface area contributed by atoms with Crippen LogP contribution in [0.15, 0.2) is 0 Å². The van der Waals surface area contributed by atoms with Crippen molar-refractivity contribution in [1.82, 2.24) is 10.6 Å². The molecule has 0 aromatic heterocycles. The van der Waals surface area contributed by atoms with Crippen molar-refractivity contribution >= 4 is 6.09 Å². The van der Waals surface area contributed by atoms with Crippen molar-refractivity contribution in [1.29, 1.82) is 5.26 Å². The van der Waals surface area contributed by atoms with Crippen LogP contribution in [0.1, 0.15) is 52.9 Å². The van der Waals surface area contributed by atoms with Gasteiger partial charge in [-0.25, -0.2) is 4.79 Å². The van der Waals surface area contributed by atoms with Crippen LogP contribution in [0.4, 0.5) is 4.79 Å². The Balaban J connectivity index is 2.28. The van der Waals surface area contributed by atoms with E-state index in [-0.39, 0.29) is 12.6 Å². The molecule has 0 saturated heterocycles. The molecule has 5 nitrogen and oxygen atoms in total. The van der Waals surface area contributed by atoms with E-state index in [1.807, 2.05) is 20.8 Å². The summed E-state index contributed by atoms with van der Waals surface area (Å²) in [4.78, 5) is 11.5. The van der Waals surface area contributed by atoms with Gasteiger partial charge in [0, 0.05) is 12.6 Å². The number of hydrogen-bond donors (Lipinski definition) is 2. The Kier molecular flexibility index (Phi) is 6.10. The lowest BCUT2D eigenvalue weighted by molar-refractivity contribution is 0.0524. The number of carbonyl (C=O) groups is 1. The summed E-state index contributed by atoms with van der Waals surface area (Å²) in [5.74, 6) is 0. The molecule has 1 rings (SSSR count). The van der Waals surface area contributed by atoms with Gasteiger partial charge in [0.05, 0.1) is 6.07 Å². The Labute approximate surface area is 115 Å². The van der Waals surface area contributed by atoms with Crippen LogP contribution >= 0.6 is 0 Å². The van der Waals surface area contributed by atoms with Crippen LogP contribution in [0.3, 0.4) is 0 Å². The predicted molar refractivity (Wildman–Crippen MR) is 73.6 cm³/mol. The standard InChI is InChI=1S/C14H25N3O2/c1-14(2,3)19-13(18)16-10-12(9-15)17-11-7-5-4-6-8-11/h11-12,17H,4-8,10H2,1-3H3,(H,16,18). The third kappa shape index (κ3) is 7.02. The highest BCUT2D eigenvalue weighted by molar-refractivity contribution is 5.67. The molecule has 1 saturated carbocycles. The first kappa shape index (κ1) is 15.8. The maximum atomic E-state index is 11.5. The topological polar surface area (TPSA) is 74.1 Å². The molecule has 0 bridgehead atoms. The second kappa shape index (κ2) is 7.34. The van der Waals surface area contributed by atoms with E-state index in [9.17, 15) is 4.79 Å². The van der Waals surface area contributed by atoms with E-state index in [1.54, 1.807) is 0 Å². The maximum Gasteiger partial charge on any atom is 0.407 e. The first-order chi connectivity index (χ1) is 8.90. The molecule has 0 heterocycles. The van der Waals surface area contributed by atoms with Crippen molar-refractivity contribution in [2.75, 3.05) is 6.54 Å². The van der Waals surface area contributed by atoms with Crippen LogP contribution in [0, 0.1) is 11.3 Å². The molecule has 0 aromatic rings. The van der Waals surface area contributed by atoms with Crippen LogP contribution in [0.5, 0.6) is 0 Å². The minimum absolute atomic E-state index is 0.280. The van der Waals surface area contributed by atoms with Gasteiger partial charge in [0.25, 0.3) is 0 Å². The molecule has 5 heteroatoms. The average Bonchev–Trinajstić information content (AvgIpc) is 2.33. The molecule has 2 N–H and O–H groups in total. The van der Waals surface area contributed by atoms with Crippen LogP contribution < -0.4 is 10.6 Å². The van der Waals surface area contributed by atoms with Crippen LogP contribution in [0.25, 0.3) is 0 Å². The second-order valence-corrected chi connectivity index (χ2v) is 6.07. The van der Waals surface area contributed by atoms with Gasteiger partial charge in [-0.05, 0) is 33.6 Å². The van der Waals surface area contributed by atoms with Crippen molar-refractivity contribution in [2.24, 2.45) is 0 Å². The molecule has 1 aliphatic rings. The van der Waals surface area contributed by atoms with Crippen molar-refractivity contribution in [2.45, 2.75) is 70.6 Å². The van der Waals surface area contributed by atoms with E-state index in [2.05, 4.69) is 16.7 Å². The largest absolute Gasteiger partial charge is 0.444 e. The number of rotatable bonds is 4. The molecule has 0 aromatic carbocycles. The quantitative estimate of drug-likeness (QED) is 0.819. The van der Waals surface area contributed by atoms with Gasteiger partial charge in [-0.3, -0.25) is 5.32 Å². The number of carbonyl (C=O) groups excluding carboxylic acids is 1. The second-order valence-electron chi connectivity index (χ2n) is 6.07. The Morgan fingerprint density at radius 2 is 2.00 bits per heavy atom. The summed E-state index contributed by atoms with van der Waals surface area (Å²) in [6.07, 6.45) is 5.48. The number of nitrogens with zero attached hydrogens (tertiary/aromatic N) is 1. The number of hydrogen-bond acceptors (Lipinski definition) is 4. The maximum absolute atomic E-state index is 11.5. The Morgan fingerprint density at radius 3 is 2.53 bits per heavy atom. The highest BCUT2D eigenvalue weighted by atomic mass is 16.6. The highest BCUT2D eigenvalue weighted by Crippen LogP contribution is 2.17. The van der Waals surface area contributed by atoms with E-state index < -0.39 is 11.7 Å². The Hall–Kier alpha value is -1.28. The van der Waals surface area contributed by atoms with Gasteiger partial charge < -0.3 is 10.1 Å². The van der Waals surface area contributed by atoms with Gasteiger partial charge in [-0.15, -0.1) is 0 Å². The van der Waals surface area contributed by atoms with E-state index >= 15 is 0 Å². The van der Waals surface area contributed by atoms with E-state index in [0.717, 1.165) is 12.8 Å². The average molecular weight is 267 g/mol. The zero-order chi connectivity index (χ0) is 14.3. The summed E-state index contributed by atoms with van der Waals surface area (Å²) in [6, 6.07) is 2.24. The molecule has 1 atom stereocenters. The zero-order valence-electron chi connectivity index (χ0n) is 12.2. The van der Waals surface area contributed by atoms with Gasteiger partial charge in [-0.2, -0.15) is 5.26 Å². The minimum atomic E-state index is -0.511. The van der Waals surface area contributed by atoms with Crippen LogP contribution in [-0.2, 0) is 4.74 Å². The Bertz CT molecular complexity index is 325. The molecule has 19 heavy (non-hydrogen) atoms. The molecule has 1 amide bonds. The van der Waals surface area contributed by atoms with Gasteiger partial charge in [0.2, 0.25) is 0 Å². The number of nitriles is 1. The fraction of sp³-hybridized carbons (Fsp3) is 0.857. The third-order valence-electron chi connectivity index (χ3n) is 3.05. The zero-order valence-corrected chi connectivity index (χ0v) is 12.2. The van der Waals surface area contributed by atoms with Gasteiger partial charge in [0.1, 0.15) is 11.6 Å². The summed E-state index contributed by atoms with van der Waals surface area (Å²) in [5, 5.41) is 15.0. The minimum Gasteiger partial charge on any atom is -0.444 e. The van der Waals surface area contributed by atoms with Gasteiger partial charge in [-0.1, -0.05) is 19.3 Å². The van der Waals surface area contributed by atoms with Crippen LogP contribution in [-0.4, -0.2) is 30.3 Å². The summed E-state index contributed by atoms with van der Waals surface area (Å²) in [5.41, 5.74) is -0.511. The van der Waals surface area contributed by atoms with Crippen molar-refractivity contribution in [3.05, 3.63) is 0 Å². The monoisotopic (exact) mass is 267 g/mol. The van der Waals surface area contributed by atoms with Crippen molar-refractivity contribution in [3.8, 4) is 6.07 Å². The van der Waals surface area contributed by atoms with E-state index in [0.29, 0.717) is 6.04 Å². The molecule has 1 fully saturated rings. The summed E-state index contributed by atoms with van der Waals surface area (Å²) in [6.45, 7) is 5.72. The summed E-state index contributed by atoms with van der Waals surface area (Å²) in [7, 11) is 0. The molecule has 0 spiro atoms. The molecule has 1 unspecified atom stereocenters. The molecule has 108 valence electrons. The van der Waals surface area contributed by atoms with E-state index in [4.69, 9.17) is 10.00 Å². The summed E-state index contributed by atoms with van der Waals surface area (Å²) >= 11 is 0. The predicted octanol–water partition coefficient (Wildman–Crippen LogP) is 2.33. The summed E-state index contributed by atoms with van der Waals surface area (Å²) < 4.78 is 5.14. The third-order valence-corrected chi connectivity index (χ3v) is 3.05. The lowest BCUT2D eigenvalue weighted by Gasteiger charge is -2.26. The molecule has 0 radical (unpaired) electrons. The normalized spacial score (nSPS) is 18.4. The van der Waals surface area contributed by atoms with Gasteiger partial charge in [0.15, 0.2) is 0 Å². The number of amides is 1. The molecular formula is C14H25N3O2. The smallest absolute Gasteiger partial charge is 0.407 e. The number of ether oxygens (including phenoxy) is 1. The first-order valence-corrected chi connectivity index (χ1v) is 7.03. The molecular weight excluding hydrogens is 242 g/mol. The van der Waals surface area contributed by atoms with Crippen molar-refractivity contribution in [3.63, 3.8) is 0 Å². The first-order valence-electron chi connectivity index (χ1n) is 7.03. The fourth-order valence-electron chi connectivity index (χ4n) is 2.20.